The number of methoxy groups -OCH3 is 1. The highest BCUT2D eigenvalue weighted by Gasteiger charge is 2.31. The van der Waals surface area contributed by atoms with Crippen molar-refractivity contribution in [2.24, 2.45) is 5.73 Å². The highest BCUT2D eigenvalue weighted by molar-refractivity contribution is 4.87. The molecule has 0 saturated carbocycles. The van der Waals surface area contributed by atoms with Crippen LogP contribution in [0.1, 0.15) is 41.0 Å². The van der Waals surface area contributed by atoms with E-state index in [4.69, 9.17) is 10.5 Å². The van der Waals surface area contributed by atoms with Crippen molar-refractivity contribution in [2.45, 2.75) is 58.2 Å². The van der Waals surface area contributed by atoms with Crippen LogP contribution in [0.3, 0.4) is 0 Å². The zero-order valence-electron chi connectivity index (χ0n) is 13.7. The van der Waals surface area contributed by atoms with Crippen LogP contribution in [-0.2, 0) is 4.74 Å². The standard InChI is InChI=1S/C15H33N3O/c1-14(2,3)18-9-7-17(8-10-18)13(12-16)11-15(4,5)19-6/h13H,7-12,16H2,1-6H3. The summed E-state index contributed by atoms with van der Waals surface area (Å²) >= 11 is 0. The summed E-state index contributed by atoms with van der Waals surface area (Å²) in [5.41, 5.74) is 6.16. The molecule has 0 aromatic carbocycles. The van der Waals surface area contributed by atoms with Crippen molar-refractivity contribution in [2.75, 3.05) is 39.8 Å². The molecule has 0 aromatic heterocycles. The van der Waals surface area contributed by atoms with E-state index in [-0.39, 0.29) is 11.1 Å². The molecule has 1 aliphatic heterocycles. The van der Waals surface area contributed by atoms with E-state index in [1.54, 1.807) is 7.11 Å². The molecule has 1 unspecified atom stereocenters. The monoisotopic (exact) mass is 271 g/mol. The summed E-state index contributed by atoms with van der Waals surface area (Å²) in [7, 11) is 1.78. The van der Waals surface area contributed by atoms with Gasteiger partial charge in [0.25, 0.3) is 0 Å². The van der Waals surface area contributed by atoms with E-state index in [1.165, 1.54) is 0 Å². The molecule has 4 heteroatoms. The van der Waals surface area contributed by atoms with Crippen molar-refractivity contribution < 1.29 is 4.74 Å². The van der Waals surface area contributed by atoms with Gasteiger partial charge in [0.2, 0.25) is 0 Å². The quantitative estimate of drug-likeness (QED) is 0.824. The van der Waals surface area contributed by atoms with E-state index in [2.05, 4.69) is 44.4 Å². The van der Waals surface area contributed by atoms with Gasteiger partial charge in [-0.05, 0) is 41.0 Å². The molecule has 1 saturated heterocycles. The Bertz CT molecular complexity index is 265. The van der Waals surface area contributed by atoms with Crippen molar-refractivity contribution in [3.8, 4) is 0 Å². The van der Waals surface area contributed by atoms with Crippen LogP contribution in [0.5, 0.6) is 0 Å². The number of piperazine rings is 1. The highest BCUT2D eigenvalue weighted by Crippen LogP contribution is 2.22. The van der Waals surface area contributed by atoms with E-state index >= 15 is 0 Å². The predicted molar refractivity (Wildman–Crippen MR) is 81.4 cm³/mol. The first-order valence-electron chi connectivity index (χ1n) is 7.44. The van der Waals surface area contributed by atoms with E-state index < -0.39 is 0 Å². The summed E-state index contributed by atoms with van der Waals surface area (Å²) in [6, 6.07) is 0.428. The first kappa shape index (κ1) is 16.9. The number of rotatable bonds is 5. The molecule has 1 fully saturated rings. The van der Waals surface area contributed by atoms with Gasteiger partial charge in [0.15, 0.2) is 0 Å². The van der Waals surface area contributed by atoms with Gasteiger partial charge in [0.1, 0.15) is 0 Å². The summed E-state index contributed by atoms with van der Waals surface area (Å²) < 4.78 is 5.54. The van der Waals surface area contributed by atoms with Crippen molar-refractivity contribution in [1.29, 1.82) is 0 Å². The lowest BCUT2D eigenvalue weighted by Crippen LogP contribution is -2.57. The van der Waals surface area contributed by atoms with Gasteiger partial charge in [-0.1, -0.05) is 0 Å². The lowest BCUT2D eigenvalue weighted by Gasteiger charge is -2.45. The van der Waals surface area contributed by atoms with Crippen LogP contribution in [0.2, 0.25) is 0 Å². The first-order chi connectivity index (χ1) is 8.69. The molecule has 19 heavy (non-hydrogen) atoms. The van der Waals surface area contributed by atoms with Gasteiger partial charge in [-0.3, -0.25) is 9.80 Å². The lowest BCUT2D eigenvalue weighted by atomic mass is 9.96. The van der Waals surface area contributed by atoms with Crippen molar-refractivity contribution in [1.82, 2.24) is 9.80 Å². The Hall–Kier alpha value is -0.160. The third-order valence-electron chi connectivity index (χ3n) is 4.33. The summed E-state index contributed by atoms with van der Waals surface area (Å²) in [4.78, 5) is 5.08. The zero-order chi connectivity index (χ0) is 14.7. The smallest absolute Gasteiger partial charge is 0.0638 e. The second-order valence-electron chi connectivity index (χ2n) is 7.25. The fourth-order valence-corrected chi connectivity index (χ4v) is 2.77. The molecular formula is C15H33N3O. The fraction of sp³-hybridized carbons (Fsp3) is 1.00. The molecule has 114 valence electrons. The first-order valence-corrected chi connectivity index (χ1v) is 7.44. The second-order valence-corrected chi connectivity index (χ2v) is 7.25. The molecule has 4 nitrogen and oxygen atoms in total. The van der Waals surface area contributed by atoms with Gasteiger partial charge in [0, 0.05) is 51.4 Å². The normalized spacial score (nSPS) is 21.6. The van der Waals surface area contributed by atoms with Gasteiger partial charge in [-0.25, -0.2) is 0 Å². The Kier molecular flexibility index (Phi) is 5.80. The molecule has 0 radical (unpaired) electrons. The van der Waals surface area contributed by atoms with Crippen molar-refractivity contribution in [3.05, 3.63) is 0 Å². The van der Waals surface area contributed by atoms with E-state index in [0.29, 0.717) is 12.6 Å². The molecule has 2 N–H and O–H groups in total. The minimum absolute atomic E-state index is 0.0921. The lowest BCUT2D eigenvalue weighted by molar-refractivity contribution is -0.0212. The second kappa shape index (κ2) is 6.53. The van der Waals surface area contributed by atoms with Crippen molar-refractivity contribution in [3.63, 3.8) is 0 Å². The number of nitrogens with zero attached hydrogens (tertiary/aromatic N) is 2. The average Bonchev–Trinajstić information content (AvgIpc) is 2.35. The number of hydrogen-bond acceptors (Lipinski definition) is 4. The maximum atomic E-state index is 5.98. The molecule has 1 atom stereocenters. The van der Waals surface area contributed by atoms with E-state index in [0.717, 1.165) is 32.6 Å². The Morgan fingerprint density at radius 1 is 1.05 bits per heavy atom. The van der Waals surface area contributed by atoms with Gasteiger partial charge >= 0.3 is 0 Å². The van der Waals surface area contributed by atoms with Gasteiger partial charge < -0.3 is 10.5 Å². The van der Waals surface area contributed by atoms with Crippen LogP contribution in [-0.4, -0.2) is 66.8 Å². The molecule has 0 bridgehead atoms. The van der Waals surface area contributed by atoms with Crippen LogP contribution < -0.4 is 5.73 Å². The number of nitrogens with two attached hydrogens (primary N) is 1. The van der Waals surface area contributed by atoms with E-state index in [1.807, 2.05) is 0 Å². The molecule has 1 heterocycles. The molecule has 1 aliphatic rings. The Morgan fingerprint density at radius 3 is 1.95 bits per heavy atom. The van der Waals surface area contributed by atoms with Crippen LogP contribution in [0.4, 0.5) is 0 Å². The summed E-state index contributed by atoms with van der Waals surface area (Å²) in [5.74, 6) is 0. The number of ether oxygens (including phenoxy) is 1. The third-order valence-corrected chi connectivity index (χ3v) is 4.33. The average molecular weight is 271 g/mol. The summed E-state index contributed by atoms with van der Waals surface area (Å²) in [6.45, 7) is 16.3. The van der Waals surface area contributed by atoms with Gasteiger partial charge in [-0.2, -0.15) is 0 Å². The Morgan fingerprint density at radius 2 is 1.58 bits per heavy atom. The zero-order valence-corrected chi connectivity index (χ0v) is 13.7. The van der Waals surface area contributed by atoms with Crippen molar-refractivity contribution >= 4 is 0 Å². The minimum Gasteiger partial charge on any atom is -0.379 e. The molecule has 0 amide bonds. The molecule has 0 aromatic rings. The Labute approximate surface area is 119 Å². The predicted octanol–water partition coefficient (Wildman–Crippen LogP) is 1.54. The molecule has 0 spiro atoms. The fourth-order valence-electron chi connectivity index (χ4n) is 2.77. The van der Waals surface area contributed by atoms with Crippen LogP contribution in [0.25, 0.3) is 0 Å². The molecular weight excluding hydrogens is 238 g/mol. The summed E-state index contributed by atoms with van der Waals surface area (Å²) in [6.07, 6.45) is 0.996. The van der Waals surface area contributed by atoms with Crippen LogP contribution >= 0.6 is 0 Å². The van der Waals surface area contributed by atoms with Crippen LogP contribution in [0, 0.1) is 0 Å². The SMILES string of the molecule is COC(C)(C)CC(CN)N1CCN(C(C)(C)C)CC1. The summed E-state index contributed by atoms with van der Waals surface area (Å²) in [5, 5.41) is 0. The van der Waals surface area contributed by atoms with E-state index in [9.17, 15) is 0 Å². The maximum absolute atomic E-state index is 5.98. The topological polar surface area (TPSA) is 41.7 Å². The number of hydrogen-bond donors (Lipinski definition) is 1. The largest absolute Gasteiger partial charge is 0.379 e. The third kappa shape index (κ3) is 5.03. The molecule has 1 rings (SSSR count). The maximum Gasteiger partial charge on any atom is 0.0638 e. The van der Waals surface area contributed by atoms with Gasteiger partial charge in [-0.15, -0.1) is 0 Å². The Balaban J connectivity index is 2.53. The minimum atomic E-state index is -0.0921. The highest BCUT2D eigenvalue weighted by atomic mass is 16.5. The van der Waals surface area contributed by atoms with Crippen LogP contribution in [0.15, 0.2) is 0 Å². The molecule has 0 aliphatic carbocycles. The van der Waals surface area contributed by atoms with Gasteiger partial charge in [0.05, 0.1) is 5.60 Å².